The molecular weight excluding hydrogens is 458 g/mol. The van der Waals surface area contributed by atoms with Gasteiger partial charge in [0.15, 0.2) is 11.5 Å². The Hall–Kier alpha value is -3.91. The third kappa shape index (κ3) is 6.40. The summed E-state index contributed by atoms with van der Waals surface area (Å²) in [5, 5.41) is 13.9. The second-order valence-electron chi connectivity index (χ2n) is 8.18. The van der Waals surface area contributed by atoms with Gasteiger partial charge >= 0.3 is 0 Å². The predicted octanol–water partition coefficient (Wildman–Crippen LogP) is 5.49. The van der Waals surface area contributed by atoms with Crippen LogP contribution in [-0.4, -0.2) is 43.0 Å². The number of carbonyl (C=O) groups excluding carboxylic acids is 1. The molecule has 8 heteroatoms. The zero-order valence-corrected chi connectivity index (χ0v) is 21.2. The predicted molar refractivity (Wildman–Crippen MR) is 141 cm³/mol. The first-order valence-corrected chi connectivity index (χ1v) is 12.1. The number of nitro groups is 1. The largest absolute Gasteiger partial charge is 0.493 e. The van der Waals surface area contributed by atoms with Gasteiger partial charge in [-0.15, -0.1) is 0 Å². The minimum absolute atomic E-state index is 0.0382. The lowest BCUT2D eigenvalue weighted by Gasteiger charge is -2.29. The second-order valence-corrected chi connectivity index (χ2v) is 8.18. The van der Waals surface area contributed by atoms with Crippen LogP contribution in [0.15, 0.2) is 60.7 Å². The van der Waals surface area contributed by atoms with E-state index in [1.807, 2.05) is 38.1 Å². The van der Waals surface area contributed by atoms with Crippen LogP contribution < -0.4 is 14.8 Å². The van der Waals surface area contributed by atoms with Gasteiger partial charge in [0.2, 0.25) is 0 Å². The molecular formula is C28H33N3O5. The summed E-state index contributed by atoms with van der Waals surface area (Å²) in [4.78, 5) is 25.5. The molecule has 0 radical (unpaired) electrons. The van der Waals surface area contributed by atoms with Crippen molar-refractivity contribution in [2.45, 2.75) is 33.2 Å². The van der Waals surface area contributed by atoms with Crippen LogP contribution in [0.4, 0.5) is 11.4 Å². The minimum Gasteiger partial charge on any atom is -0.493 e. The number of anilines is 1. The van der Waals surface area contributed by atoms with Gasteiger partial charge in [-0.3, -0.25) is 19.8 Å². The zero-order chi connectivity index (χ0) is 26.1. The van der Waals surface area contributed by atoms with E-state index in [4.69, 9.17) is 9.47 Å². The van der Waals surface area contributed by atoms with Crippen LogP contribution in [0.25, 0.3) is 0 Å². The van der Waals surface area contributed by atoms with E-state index in [0.717, 1.165) is 49.5 Å². The average Bonchev–Trinajstić information content (AvgIpc) is 2.92. The maximum atomic E-state index is 12.5. The average molecular weight is 492 g/mol. The first-order chi connectivity index (χ1) is 17.5. The summed E-state index contributed by atoms with van der Waals surface area (Å²) >= 11 is 0. The molecule has 0 aromatic heterocycles. The molecule has 8 nitrogen and oxygen atoms in total. The van der Waals surface area contributed by atoms with Crippen molar-refractivity contribution >= 4 is 17.3 Å². The van der Waals surface area contributed by atoms with Crippen molar-refractivity contribution in [2.75, 3.05) is 32.6 Å². The molecule has 1 amide bonds. The number of nitrogens with zero attached hydrogens (tertiary/aromatic N) is 2. The molecule has 1 heterocycles. The van der Waals surface area contributed by atoms with Gasteiger partial charge in [-0.25, -0.2) is 0 Å². The standard InChI is InChI=1S/C26H27N3O5.C2H6/c1-33-24-15-19-12-14-28(17-20(19)16-25(24)34-2)13-11-18-7-9-21(10-8-18)27-26(30)22-5-3-4-6-23(22)29(31)32;1-2/h3-10,15-16H,11-14,17H2,1-2H3,(H,27,30);1-2H3. The Bertz CT molecular complexity index is 1190. The first-order valence-electron chi connectivity index (χ1n) is 12.1. The van der Waals surface area contributed by atoms with Crippen LogP contribution >= 0.6 is 0 Å². The van der Waals surface area contributed by atoms with Gasteiger partial charge in [0.1, 0.15) is 5.56 Å². The Morgan fingerprint density at radius 1 is 1.00 bits per heavy atom. The van der Waals surface area contributed by atoms with Crippen molar-refractivity contribution in [3.63, 3.8) is 0 Å². The summed E-state index contributed by atoms with van der Waals surface area (Å²) in [6.07, 6.45) is 1.84. The van der Waals surface area contributed by atoms with Crippen molar-refractivity contribution in [1.82, 2.24) is 4.90 Å². The molecule has 0 saturated heterocycles. The van der Waals surface area contributed by atoms with Crippen molar-refractivity contribution in [2.24, 2.45) is 0 Å². The third-order valence-electron chi connectivity index (χ3n) is 6.07. The topological polar surface area (TPSA) is 93.9 Å². The summed E-state index contributed by atoms with van der Waals surface area (Å²) in [5.41, 5.74) is 4.14. The highest BCUT2D eigenvalue weighted by atomic mass is 16.6. The van der Waals surface area contributed by atoms with Crippen LogP contribution in [0.2, 0.25) is 0 Å². The van der Waals surface area contributed by atoms with Crippen LogP contribution in [0.1, 0.15) is 40.9 Å². The smallest absolute Gasteiger partial charge is 0.282 e. The second kappa shape index (κ2) is 12.7. The summed E-state index contributed by atoms with van der Waals surface area (Å²) in [5.74, 6) is 1.02. The van der Waals surface area contributed by atoms with Gasteiger partial charge in [0.25, 0.3) is 11.6 Å². The molecule has 1 aliphatic rings. The Morgan fingerprint density at radius 2 is 1.64 bits per heavy atom. The number of methoxy groups -OCH3 is 2. The quantitative estimate of drug-likeness (QED) is 0.331. The van der Waals surface area contributed by atoms with Gasteiger partial charge in [-0.05, 0) is 59.9 Å². The highest BCUT2D eigenvalue weighted by Gasteiger charge is 2.20. The Labute approximate surface area is 212 Å². The number of carbonyl (C=O) groups is 1. The molecule has 3 aromatic carbocycles. The zero-order valence-electron chi connectivity index (χ0n) is 21.2. The van der Waals surface area contributed by atoms with E-state index in [1.54, 1.807) is 20.3 Å². The molecule has 4 rings (SSSR count). The first kappa shape index (κ1) is 26.7. The van der Waals surface area contributed by atoms with Crippen molar-refractivity contribution in [3.05, 3.63) is 93.0 Å². The lowest BCUT2D eigenvalue weighted by molar-refractivity contribution is -0.385. The van der Waals surface area contributed by atoms with Crippen LogP contribution in [0.3, 0.4) is 0 Å². The fourth-order valence-electron chi connectivity index (χ4n) is 4.20. The lowest BCUT2D eigenvalue weighted by atomic mass is 9.98. The minimum atomic E-state index is -0.552. The van der Waals surface area contributed by atoms with Gasteiger partial charge in [-0.1, -0.05) is 38.1 Å². The summed E-state index contributed by atoms with van der Waals surface area (Å²) in [7, 11) is 3.31. The fourth-order valence-corrected chi connectivity index (χ4v) is 4.20. The van der Waals surface area contributed by atoms with E-state index in [1.165, 1.54) is 29.3 Å². The number of fused-ring (bicyclic) bond motifs is 1. The molecule has 0 saturated carbocycles. The molecule has 0 unspecified atom stereocenters. The lowest BCUT2D eigenvalue weighted by Crippen LogP contribution is -2.32. The normalized spacial score (nSPS) is 12.6. The summed E-state index contributed by atoms with van der Waals surface area (Å²) in [6.45, 7) is 6.75. The number of ether oxygens (including phenoxy) is 2. The van der Waals surface area contributed by atoms with E-state index in [2.05, 4.69) is 22.3 Å². The van der Waals surface area contributed by atoms with Gasteiger partial charge in [-0.2, -0.15) is 0 Å². The maximum absolute atomic E-state index is 12.5. The van der Waals surface area contributed by atoms with Crippen LogP contribution in [0, 0.1) is 10.1 Å². The number of hydrogen-bond acceptors (Lipinski definition) is 6. The number of amides is 1. The molecule has 36 heavy (non-hydrogen) atoms. The number of nitrogens with one attached hydrogen (secondary N) is 1. The van der Waals surface area contributed by atoms with Crippen LogP contribution in [0.5, 0.6) is 11.5 Å². The Kier molecular flexibility index (Phi) is 9.41. The van der Waals surface area contributed by atoms with E-state index in [-0.39, 0.29) is 11.3 Å². The third-order valence-corrected chi connectivity index (χ3v) is 6.07. The number of rotatable bonds is 8. The van der Waals surface area contributed by atoms with Crippen molar-refractivity contribution in [1.29, 1.82) is 0 Å². The molecule has 0 aliphatic carbocycles. The van der Waals surface area contributed by atoms with E-state index in [9.17, 15) is 14.9 Å². The molecule has 1 N–H and O–H groups in total. The van der Waals surface area contributed by atoms with E-state index < -0.39 is 10.8 Å². The van der Waals surface area contributed by atoms with E-state index in [0.29, 0.717) is 5.69 Å². The van der Waals surface area contributed by atoms with Crippen molar-refractivity contribution in [3.8, 4) is 11.5 Å². The monoisotopic (exact) mass is 491 g/mol. The van der Waals surface area contributed by atoms with Gasteiger partial charge < -0.3 is 14.8 Å². The molecule has 0 fully saturated rings. The van der Waals surface area contributed by atoms with Crippen LogP contribution in [-0.2, 0) is 19.4 Å². The van der Waals surface area contributed by atoms with Gasteiger partial charge in [0.05, 0.1) is 19.1 Å². The highest BCUT2D eigenvalue weighted by molar-refractivity contribution is 6.07. The molecule has 190 valence electrons. The Morgan fingerprint density at radius 3 is 2.28 bits per heavy atom. The molecule has 0 spiro atoms. The molecule has 3 aromatic rings. The Balaban J connectivity index is 0.00000176. The van der Waals surface area contributed by atoms with Crippen molar-refractivity contribution < 1.29 is 19.2 Å². The number of nitro benzene ring substituents is 1. The molecule has 0 atom stereocenters. The highest BCUT2D eigenvalue weighted by Crippen LogP contribution is 2.33. The number of para-hydroxylation sites is 1. The summed E-state index contributed by atoms with van der Waals surface area (Å²) in [6, 6.07) is 17.6. The SMILES string of the molecule is CC.COc1cc2c(cc1OC)CN(CCc1ccc(NC(=O)c3ccccc3[N+](=O)[O-])cc1)CC2. The summed E-state index contributed by atoms with van der Waals surface area (Å²) < 4.78 is 10.9. The number of benzene rings is 3. The van der Waals surface area contributed by atoms with E-state index >= 15 is 0 Å². The number of hydrogen-bond donors (Lipinski definition) is 1. The maximum Gasteiger partial charge on any atom is 0.282 e. The van der Waals surface area contributed by atoms with Gasteiger partial charge in [0, 0.05) is 31.4 Å². The fraction of sp³-hybridized carbons (Fsp3) is 0.321. The molecule has 0 bridgehead atoms. The molecule has 1 aliphatic heterocycles.